The van der Waals surface area contributed by atoms with E-state index in [0.717, 1.165) is 56.4 Å². The third-order valence-electron chi connectivity index (χ3n) is 6.46. The molecule has 4 saturated carbocycles. The predicted octanol–water partition coefficient (Wildman–Crippen LogP) is 1.94. The van der Waals surface area contributed by atoms with Crippen molar-refractivity contribution < 1.29 is 10.0 Å². The number of nitrogens with two attached hydrogens (primary N) is 1. The van der Waals surface area contributed by atoms with Gasteiger partial charge in [0.1, 0.15) is 0 Å². The Balaban J connectivity index is 1.60. The highest BCUT2D eigenvalue weighted by Crippen LogP contribution is 2.60. The van der Waals surface area contributed by atoms with Crippen LogP contribution < -0.4 is 5.73 Å². The molecule has 1 aliphatic heterocycles. The van der Waals surface area contributed by atoms with Crippen LogP contribution in [0, 0.1) is 23.2 Å². The minimum atomic E-state index is -0.185. The Morgan fingerprint density at radius 3 is 2.24 bits per heavy atom. The van der Waals surface area contributed by atoms with Crippen molar-refractivity contribution in [1.29, 1.82) is 0 Å². The van der Waals surface area contributed by atoms with E-state index < -0.39 is 0 Å². The van der Waals surface area contributed by atoms with Crippen LogP contribution in [0.3, 0.4) is 0 Å². The SMILES string of the molecule is NC(=NO)C1CCCN1C(=O)C12CC3CC(CC(C3)C1)C2. The first-order valence-electron chi connectivity index (χ1n) is 8.40. The van der Waals surface area contributed by atoms with Crippen LogP contribution >= 0.6 is 0 Å². The van der Waals surface area contributed by atoms with Gasteiger partial charge in [0.2, 0.25) is 5.91 Å². The van der Waals surface area contributed by atoms with Crippen molar-refractivity contribution in [3.05, 3.63) is 0 Å². The monoisotopic (exact) mass is 291 g/mol. The quantitative estimate of drug-likeness (QED) is 0.353. The zero-order valence-corrected chi connectivity index (χ0v) is 12.5. The summed E-state index contributed by atoms with van der Waals surface area (Å²) in [5, 5.41) is 12.1. The smallest absolute Gasteiger partial charge is 0.229 e. The number of hydrogen-bond donors (Lipinski definition) is 2. The Morgan fingerprint density at radius 1 is 1.14 bits per heavy atom. The van der Waals surface area contributed by atoms with E-state index in [4.69, 9.17) is 10.9 Å². The fraction of sp³-hybridized carbons (Fsp3) is 0.875. The second-order valence-electron chi connectivity index (χ2n) is 7.88. The molecule has 5 rings (SSSR count). The van der Waals surface area contributed by atoms with E-state index in [1.54, 1.807) is 0 Å². The molecule has 0 aromatic rings. The van der Waals surface area contributed by atoms with Gasteiger partial charge in [-0.2, -0.15) is 0 Å². The van der Waals surface area contributed by atoms with Crippen LogP contribution in [0.15, 0.2) is 5.16 Å². The summed E-state index contributed by atoms with van der Waals surface area (Å²) in [5.74, 6) is 2.81. The molecule has 4 aliphatic carbocycles. The van der Waals surface area contributed by atoms with E-state index in [9.17, 15) is 4.79 Å². The lowest BCUT2D eigenvalue weighted by atomic mass is 9.49. The van der Waals surface area contributed by atoms with Crippen molar-refractivity contribution in [2.75, 3.05) is 6.54 Å². The van der Waals surface area contributed by atoms with Gasteiger partial charge < -0.3 is 15.8 Å². The number of nitrogens with zero attached hydrogens (tertiary/aromatic N) is 2. The highest BCUT2D eigenvalue weighted by Gasteiger charge is 2.56. The summed E-state index contributed by atoms with van der Waals surface area (Å²) in [6.45, 7) is 0.765. The molecule has 1 heterocycles. The van der Waals surface area contributed by atoms with Crippen LogP contribution in [0.1, 0.15) is 51.4 Å². The molecule has 3 N–H and O–H groups in total. The molecular weight excluding hydrogens is 266 g/mol. The Hall–Kier alpha value is -1.26. The Kier molecular flexibility index (Phi) is 2.95. The van der Waals surface area contributed by atoms with Gasteiger partial charge in [-0.3, -0.25) is 4.79 Å². The molecule has 1 atom stereocenters. The van der Waals surface area contributed by atoms with Gasteiger partial charge >= 0.3 is 0 Å². The van der Waals surface area contributed by atoms with Gasteiger partial charge in [0.15, 0.2) is 5.84 Å². The van der Waals surface area contributed by atoms with Crippen molar-refractivity contribution in [1.82, 2.24) is 4.90 Å². The van der Waals surface area contributed by atoms with Crippen molar-refractivity contribution >= 4 is 11.7 Å². The maximum atomic E-state index is 13.3. The molecule has 5 fully saturated rings. The third-order valence-corrected chi connectivity index (χ3v) is 6.46. The summed E-state index contributed by atoms with van der Waals surface area (Å²) >= 11 is 0. The number of hydrogen-bond acceptors (Lipinski definition) is 3. The van der Waals surface area contributed by atoms with Crippen LogP contribution in [0.2, 0.25) is 0 Å². The van der Waals surface area contributed by atoms with Crippen LogP contribution in [0.5, 0.6) is 0 Å². The normalized spacial score (nSPS) is 45.3. The average molecular weight is 291 g/mol. The summed E-state index contributed by atoms with van der Waals surface area (Å²) in [7, 11) is 0. The molecule has 0 aromatic carbocycles. The molecule has 1 unspecified atom stereocenters. The van der Waals surface area contributed by atoms with Gasteiger partial charge in [0.25, 0.3) is 0 Å². The third kappa shape index (κ3) is 1.96. The Morgan fingerprint density at radius 2 is 1.71 bits per heavy atom. The molecule has 4 bridgehead atoms. The van der Waals surface area contributed by atoms with Gasteiger partial charge in [-0.25, -0.2) is 0 Å². The van der Waals surface area contributed by atoms with E-state index >= 15 is 0 Å². The summed E-state index contributed by atoms with van der Waals surface area (Å²) < 4.78 is 0. The molecule has 0 radical (unpaired) electrons. The first kappa shape index (κ1) is 13.4. The topological polar surface area (TPSA) is 78.9 Å². The Labute approximate surface area is 125 Å². The number of likely N-dealkylation sites (tertiary alicyclic amines) is 1. The van der Waals surface area contributed by atoms with Crippen LogP contribution in [0.25, 0.3) is 0 Å². The maximum absolute atomic E-state index is 13.3. The van der Waals surface area contributed by atoms with E-state index in [-0.39, 0.29) is 17.3 Å². The van der Waals surface area contributed by atoms with E-state index in [0.29, 0.717) is 5.91 Å². The number of amidine groups is 1. The molecule has 1 saturated heterocycles. The molecule has 5 nitrogen and oxygen atoms in total. The van der Waals surface area contributed by atoms with Gasteiger partial charge in [-0.15, -0.1) is 0 Å². The van der Waals surface area contributed by atoms with Crippen molar-refractivity contribution in [3.8, 4) is 0 Å². The van der Waals surface area contributed by atoms with E-state index in [1.165, 1.54) is 19.3 Å². The fourth-order valence-electron chi connectivity index (χ4n) is 6.06. The Bertz CT molecular complexity index is 453. The van der Waals surface area contributed by atoms with Crippen molar-refractivity contribution in [3.63, 3.8) is 0 Å². The molecule has 5 heteroatoms. The highest BCUT2D eigenvalue weighted by atomic mass is 16.4. The minimum absolute atomic E-state index is 0.118. The van der Waals surface area contributed by atoms with Gasteiger partial charge in [-0.05, 0) is 69.1 Å². The molecule has 0 spiro atoms. The van der Waals surface area contributed by atoms with Gasteiger partial charge in [0.05, 0.1) is 11.5 Å². The second-order valence-corrected chi connectivity index (χ2v) is 7.88. The average Bonchev–Trinajstić information content (AvgIpc) is 2.93. The molecule has 0 aromatic heterocycles. The molecule has 116 valence electrons. The zero-order chi connectivity index (χ0) is 14.6. The van der Waals surface area contributed by atoms with Crippen LogP contribution in [-0.4, -0.2) is 34.4 Å². The molecular formula is C16H25N3O2. The summed E-state index contributed by atoms with van der Waals surface area (Å²) in [4.78, 5) is 15.2. The molecule has 5 aliphatic rings. The number of carbonyl (C=O) groups excluding carboxylic acids is 1. The largest absolute Gasteiger partial charge is 0.409 e. The molecule has 21 heavy (non-hydrogen) atoms. The first-order chi connectivity index (χ1) is 10.1. The highest BCUT2D eigenvalue weighted by molar-refractivity contribution is 5.92. The first-order valence-corrected chi connectivity index (χ1v) is 8.40. The number of rotatable bonds is 2. The summed E-state index contributed by atoms with van der Waals surface area (Å²) in [6.07, 6.45) is 9.06. The lowest BCUT2D eigenvalue weighted by Crippen LogP contribution is -2.56. The lowest BCUT2D eigenvalue weighted by molar-refractivity contribution is -0.157. The number of oxime groups is 1. The number of amides is 1. The maximum Gasteiger partial charge on any atom is 0.229 e. The zero-order valence-electron chi connectivity index (χ0n) is 12.5. The van der Waals surface area contributed by atoms with Gasteiger partial charge in [0, 0.05) is 6.54 Å². The predicted molar refractivity (Wildman–Crippen MR) is 78.7 cm³/mol. The van der Waals surface area contributed by atoms with E-state index in [2.05, 4.69) is 5.16 Å². The van der Waals surface area contributed by atoms with Gasteiger partial charge in [-0.1, -0.05) is 5.16 Å². The van der Waals surface area contributed by atoms with Crippen molar-refractivity contribution in [2.24, 2.45) is 34.1 Å². The summed E-state index contributed by atoms with van der Waals surface area (Å²) in [5.41, 5.74) is 5.69. The lowest BCUT2D eigenvalue weighted by Gasteiger charge is -2.56. The fourth-order valence-corrected chi connectivity index (χ4v) is 6.06. The molecule has 1 amide bonds. The van der Waals surface area contributed by atoms with Crippen LogP contribution in [0.4, 0.5) is 0 Å². The number of carbonyl (C=O) groups is 1. The summed E-state index contributed by atoms with van der Waals surface area (Å²) in [6, 6.07) is -0.185. The minimum Gasteiger partial charge on any atom is -0.409 e. The van der Waals surface area contributed by atoms with E-state index in [1.807, 2.05) is 4.90 Å². The standard InChI is InChI=1S/C16H25N3O2/c17-14(18-21)13-2-1-3-19(13)15(20)16-7-10-4-11(8-16)6-12(5-10)9-16/h10-13,21H,1-9H2,(H2,17,18). The van der Waals surface area contributed by atoms with Crippen LogP contribution in [-0.2, 0) is 4.79 Å². The second kappa shape index (κ2) is 4.62. The van der Waals surface area contributed by atoms with Crippen molar-refractivity contribution in [2.45, 2.75) is 57.4 Å².